The van der Waals surface area contributed by atoms with Crippen LogP contribution in [0.3, 0.4) is 0 Å². The average Bonchev–Trinajstić information content (AvgIpc) is 3.29. The maximum atomic E-state index is 11.9. The molecule has 5 nitrogen and oxygen atoms in total. The van der Waals surface area contributed by atoms with E-state index in [0.717, 1.165) is 37.0 Å². The van der Waals surface area contributed by atoms with Gasteiger partial charge in [-0.2, -0.15) is 0 Å². The first-order valence-electron chi connectivity index (χ1n) is 8.18. The summed E-state index contributed by atoms with van der Waals surface area (Å²) in [4.78, 5) is 22.3. The predicted molar refractivity (Wildman–Crippen MR) is 86.9 cm³/mol. The van der Waals surface area contributed by atoms with Crippen molar-refractivity contribution in [3.8, 4) is 0 Å². The van der Waals surface area contributed by atoms with E-state index in [9.17, 15) is 4.79 Å². The third-order valence-corrected chi connectivity index (χ3v) is 4.91. The van der Waals surface area contributed by atoms with Crippen molar-refractivity contribution in [1.29, 1.82) is 0 Å². The van der Waals surface area contributed by atoms with Crippen LogP contribution in [0.25, 0.3) is 11.0 Å². The third-order valence-electron chi connectivity index (χ3n) is 4.91. The minimum absolute atomic E-state index is 0.114. The van der Waals surface area contributed by atoms with E-state index >= 15 is 0 Å². The molecule has 3 heterocycles. The van der Waals surface area contributed by atoms with Crippen molar-refractivity contribution in [2.75, 3.05) is 25.5 Å². The van der Waals surface area contributed by atoms with Crippen molar-refractivity contribution < 1.29 is 4.79 Å². The number of hydrogen-bond acceptors (Lipinski definition) is 3. The number of likely N-dealkylation sites (tertiary alicyclic amines) is 1. The molecule has 2 fully saturated rings. The molecule has 0 radical (unpaired) electrons. The van der Waals surface area contributed by atoms with Gasteiger partial charge in [-0.05, 0) is 69.4 Å². The van der Waals surface area contributed by atoms with Crippen LogP contribution in [0.15, 0.2) is 18.3 Å². The molecule has 0 atom stereocenters. The molecule has 1 amide bonds. The number of carbonyl (C=O) groups is 1. The van der Waals surface area contributed by atoms with Gasteiger partial charge < -0.3 is 15.2 Å². The summed E-state index contributed by atoms with van der Waals surface area (Å²) in [7, 11) is 2.18. The first-order chi connectivity index (χ1) is 10.7. The first-order valence-corrected chi connectivity index (χ1v) is 8.18. The summed E-state index contributed by atoms with van der Waals surface area (Å²) in [5, 5.41) is 2.95. The van der Waals surface area contributed by atoms with Crippen LogP contribution in [-0.2, 0) is 4.79 Å². The van der Waals surface area contributed by atoms with Gasteiger partial charge in [-0.3, -0.25) is 4.79 Å². The fraction of sp³-hybridized carbons (Fsp3) is 0.529. The number of piperidine rings is 1. The Balaban J connectivity index is 1.60. The molecule has 2 aromatic rings. The number of pyridine rings is 1. The number of fused-ring (bicyclic) bond motifs is 1. The van der Waals surface area contributed by atoms with Gasteiger partial charge in [0.25, 0.3) is 0 Å². The van der Waals surface area contributed by atoms with Crippen molar-refractivity contribution >= 4 is 22.8 Å². The van der Waals surface area contributed by atoms with E-state index in [1.165, 1.54) is 18.4 Å². The number of carbonyl (C=O) groups excluding carboxylic acids is 1. The van der Waals surface area contributed by atoms with E-state index in [1.807, 2.05) is 12.1 Å². The molecule has 0 spiro atoms. The Hall–Kier alpha value is -1.88. The molecule has 4 rings (SSSR count). The fourth-order valence-corrected chi connectivity index (χ4v) is 3.29. The lowest BCUT2D eigenvalue weighted by atomic mass is 9.91. The monoisotopic (exact) mass is 298 g/mol. The highest BCUT2D eigenvalue weighted by Crippen LogP contribution is 2.33. The number of amides is 1. The molecular weight excluding hydrogens is 276 g/mol. The molecule has 1 saturated carbocycles. The van der Waals surface area contributed by atoms with Crippen LogP contribution < -0.4 is 5.32 Å². The van der Waals surface area contributed by atoms with Crippen LogP contribution in [-0.4, -0.2) is 40.9 Å². The molecule has 0 aromatic carbocycles. The summed E-state index contributed by atoms with van der Waals surface area (Å²) < 4.78 is 0. The van der Waals surface area contributed by atoms with Gasteiger partial charge in [-0.15, -0.1) is 0 Å². The molecule has 22 heavy (non-hydrogen) atoms. The topological polar surface area (TPSA) is 61.0 Å². The molecule has 5 heteroatoms. The smallest absolute Gasteiger partial charge is 0.228 e. The zero-order chi connectivity index (χ0) is 15.1. The minimum Gasteiger partial charge on any atom is -0.360 e. The molecule has 1 aliphatic carbocycles. The second kappa shape index (κ2) is 5.39. The molecule has 0 unspecified atom stereocenters. The molecule has 2 aliphatic rings. The summed E-state index contributed by atoms with van der Waals surface area (Å²) in [6.45, 7) is 2.27. The number of anilines is 1. The van der Waals surface area contributed by atoms with E-state index < -0.39 is 0 Å². The highest BCUT2D eigenvalue weighted by molar-refractivity contribution is 5.94. The number of hydrogen-bond donors (Lipinski definition) is 2. The Morgan fingerprint density at radius 2 is 2.05 bits per heavy atom. The van der Waals surface area contributed by atoms with E-state index in [-0.39, 0.29) is 11.8 Å². The van der Waals surface area contributed by atoms with Crippen LogP contribution in [0, 0.1) is 5.92 Å². The van der Waals surface area contributed by atoms with Gasteiger partial charge in [0, 0.05) is 12.1 Å². The lowest BCUT2D eigenvalue weighted by Gasteiger charge is -2.28. The van der Waals surface area contributed by atoms with Crippen molar-refractivity contribution in [1.82, 2.24) is 14.9 Å². The Bertz CT molecular complexity index is 696. The Kier molecular flexibility index (Phi) is 3.37. The highest BCUT2D eigenvalue weighted by atomic mass is 16.2. The van der Waals surface area contributed by atoms with E-state index in [4.69, 9.17) is 4.98 Å². The van der Waals surface area contributed by atoms with Crippen LogP contribution in [0.2, 0.25) is 0 Å². The third kappa shape index (κ3) is 2.61. The molecule has 1 saturated heterocycles. The first kappa shape index (κ1) is 13.8. The normalized spacial score (nSPS) is 20.4. The van der Waals surface area contributed by atoms with Crippen molar-refractivity contribution in [3.63, 3.8) is 0 Å². The van der Waals surface area contributed by atoms with Crippen molar-refractivity contribution in [2.24, 2.45) is 5.92 Å². The number of aromatic amines is 1. The maximum absolute atomic E-state index is 11.9. The fourth-order valence-electron chi connectivity index (χ4n) is 3.29. The lowest BCUT2D eigenvalue weighted by Crippen LogP contribution is -2.29. The largest absolute Gasteiger partial charge is 0.360 e. The second-order valence-electron chi connectivity index (χ2n) is 6.68. The molecule has 0 bridgehead atoms. The zero-order valence-electron chi connectivity index (χ0n) is 12.9. The van der Waals surface area contributed by atoms with E-state index in [1.54, 1.807) is 0 Å². The quantitative estimate of drug-likeness (QED) is 0.916. The minimum atomic E-state index is 0.114. The van der Waals surface area contributed by atoms with Crippen LogP contribution in [0.4, 0.5) is 5.82 Å². The Morgan fingerprint density at radius 3 is 2.77 bits per heavy atom. The summed E-state index contributed by atoms with van der Waals surface area (Å²) in [5.74, 6) is 1.56. The summed E-state index contributed by atoms with van der Waals surface area (Å²) >= 11 is 0. The summed E-state index contributed by atoms with van der Waals surface area (Å²) in [6, 6.07) is 3.90. The summed E-state index contributed by atoms with van der Waals surface area (Å²) in [6.07, 6.45) is 6.46. The van der Waals surface area contributed by atoms with E-state index in [0.29, 0.717) is 11.7 Å². The van der Waals surface area contributed by atoms with Gasteiger partial charge in [0.15, 0.2) is 0 Å². The second-order valence-corrected chi connectivity index (χ2v) is 6.68. The Morgan fingerprint density at radius 1 is 1.27 bits per heavy atom. The number of nitrogens with one attached hydrogen (secondary N) is 2. The predicted octanol–water partition coefficient (Wildman–Crippen LogP) is 2.72. The van der Waals surface area contributed by atoms with E-state index in [2.05, 4.69) is 28.4 Å². The number of H-pyrrole nitrogens is 1. The SMILES string of the molecule is CN1CCC(c2c[nH]c3ccc(NC(=O)C4CC4)nc23)CC1. The van der Waals surface area contributed by atoms with Gasteiger partial charge in [0.2, 0.25) is 5.91 Å². The van der Waals surface area contributed by atoms with Crippen LogP contribution in [0.5, 0.6) is 0 Å². The molecule has 2 N–H and O–H groups in total. The van der Waals surface area contributed by atoms with Crippen molar-refractivity contribution in [2.45, 2.75) is 31.6 Å². The van der Waals surface area contributed by atoms with Gasteiger partial charge in [-0.25, -0.2) is 4.98 Å². The molecule has 116 valence electrons. The summed E-state index contributed by atoms with van der Waals surface area (Å²) in [5.41, 5.74) is 3.37. The molecule has 2 aromatic heterocycles. The van der Waals surface area contributed by atoms with Crippen molar-refractivity contribution in [3.05, 3.63) is 23.9 Å². The van der Waals surface area contributed by atoms with Crippen LogP contribution >= 0.6 is 0 Å². The maximum Gasteiger partial charge on any atom is 0.228 e. The zero-order valence-corrected chi connectivity index (χ0v) is 12.9. The molecule has 1 aliphatic heterocycles. The highest BCUT2D eigenvalue weighted by Gasteiger charge is 2.30. The number of nitrogens with zero attached hydrogens (tertiary/aromatic N) is 2. The standard InChI is InChI=1S/C17H22N4O/c1-21-8-6-11(7-9-21)13-10-18-14-4-5-15(19-16(13)14)20-17(22)12-2-3-12/h4-5,10-12,18H,2-3,6-9H2,1H3,(H,19,20,22). The molecular formula is C17H22N4O. The average molecular weight is 298 g/mol. The Labute approximate surface area is 130 Å². The van der Waals surface area contributed by atoms with Gasteiger partial charge in [-0.1, -0.05) is 0 Å². The van der Waals surface area contributed by atoms with Gasteiger partial charge in [0.05, 0.1) is 11.0 Å². The number of aromatic nitrogens is 2. The van der Waals surface area contributed by atoms with Gasteiger partial charge in [0.1, 0.15) is 5.82 Å². The number of rotatable bonds is 3. The lowest BCUT2D eigenvalue weighted by molar-refractivity contribution is -0.117. The van der Waals surface area contributed by atoms with Gasteiger partial charge >= 0.3 is 0 Å². The van der Waals surface area contributed by atoms with Crippen LogP contribution in [0.1, 0.15) is 37.2 Å².